The molecule has 110 valence electrons. The molecule has 1 aromatic carbocycles. The van der Waals surface area contributed by atoms with E-state index < -0.39 is 6.04 Å². The summed E-state index contributed by atoms with van der Waals surface area (Å²) in [5, 5.41) is 11.8. The van der Waals surface area contributed by atoms with Crippen LogP contribution in [0.15, 0.2) is 30.3 Å². The Labute approximate surface area is 123 Å². The van der Waals surface area contributed by atoms with Crippen LogP contribution in [0.1, 0.15) is 17.0 Å². The van der Waals surface area contributed by atoms with E-state index in [4.69, 9.17) is 5.73 Å². The van der Waals surface area contributed by atoms with Gasteiger partial charge in [-0.25, -0.2) is 9.97 Å². The number of hydrogen-bond donors (Lipinski definition) is 3. The largest absolute Gasteiger partial charge is 0.508 e. The van der Waals surface area contributed by atoms with Crippen LogP contribution in [0.25, 0.3) is 0 Å². The molecule has 0 aliphatic rings. The fourth-order valence-electron chi connectivity index (χ4n) is 1.96. The molecule has 0 saturated heterocycles. The van der Waals surface area contributed by atoms with Crippen molar-refractivity contribution in [2.45, 2.75) is 26.3 Å². The Hall–Kier alpha value is -2.47. The van der Waals surface area contributed by atoms with Crippen LogP contribution in [0.5, 0.6) is 5.75 Å². The van der Waals surface area contributed by atoms with Gasteiger partial charge in [0.05, 0.1) is 6.04 Å². The minimum Gasteiger partial charge on any atom is -0.508 e. The zero-order valence-electron chi connectivity index (χ0n) is 12.0. The van der Waals surface area contributed by atoms with Crippen LogP contribution in [0.3, 0.4) is 0 Å². The lowest BCUT2D eigenvalue weighted by atomic mass is 10.1. The first kappa shape index (κ1) is 14.9. The molecule has 1 unspecified atom stereocenters. The van der Waals surface area contributed by atoms with Crippen molar-refractivity contribution >= 4 is 11.9 Å². The first-order valence-electron chi connectivity index (χ1n) is 6.60. The first-order valence-corrected chi connectivity index (χ1v) is 6.60. The summed E-state index contributed by atoms with van der Waals surface area (Å²) >= 11 is 0. The Morgan fingerprint density at radius 2 is 1.81 bits per heavy atom. The molecule has 4 N–H and O–H groups in total. The van der Waals surface area contributed by atoms with E-state index in [9.17, 15) is 9.90 Å². The number of hydrogen-bond acceptors (Lipinski definition) is 5. The molecule has 1 atom stereocenters. The van der Waals surface area contributed by atoms with Gasteiger partial charge in [0.15, 0.2) is 0 Å². The lowest BCUT2D eigenvalue weighted by molar-refractivity contribution is -0.117. The van der Waals surface area contributed by atoms with Gasteiger partial charge in [-0.2, -0.15) is 0 Å². The predicted octanol–water partition coefficient (Wildman–Crippen LogP) is 1.31. The van der Waals surface area contributed by atoms with Gasteiger partial charge >= 0.3 is 0 Å². The monoisotopic (exact) mass is 286 g/mol. The van der Waals surface area contributed by atoms with Crippen LogP contribution in [-0.4, -0.2) is 27.0 Å². The lowest BCUT2D eigenvalue weighted by Crippen LogP contribution is -2.37. The standard InChI is InChI=1S/C15H18N4O2/c1-9-7-10(2)18-15(17-9)19-14(21)13(16)8-11-3-5-12(20)6-4-11/h3-7,13,20H,8,16H2,1-2H3,(H,17,18,19,21). The van der Waals surface area contributed by atoms with Crippen molar-refractivity contribution in [3.63, 3.8) is 0 Å². The summed E-state index contributed by atoms with van der Waals surface area (Å²) in [4.78, 5) is 20.3. The molecule has 0 bridgehead atoms. The van der Waals surface area contributed by atoms with Crippen LogP contribution in [0.4, 0.5) is 5.95 Å². The minimum absolute atomic E-state index is 0.181. The van der Waals surface area contributed by atoms with Crippen LogP contribution in [0, 0.1) is 13.8 Å². The fourth-order valence-corrected chi connectivity index (χ4v) is 1.96. The van der Waals surface area contributed by atoms with E-state index in [-0.39, 0.29) is 17.6 Å². The molecule has 0 fully saturated rings. The predicted molar refractivity (Wildman–Crippen MR) is 79.9 cm³/mol. The number of carbonyl (C=O) groups excluding carboxylic acids is 1. The average Bonchev–Trinajstić information content (AvgIpc) is 2.40. The van der Waals surface area contributed by atoms with Crippen LogP contribution < -0.4 is 11.1 Å². The molecule has 1 aromatic heterocycles. The second kappa shape index (κ2) is 6.32. The normalized spacial score (nSPS) is 12.0. The third-order valence-electron chi connectivity index (χ3n) is 2.95. The number of amides is 1. The Balaban J connectivity index is 2.00. The average molecular weight is 286 g/mol. The zero-order valence-corrected chi connectivity index (χ0v) is 12.0. The molecule has 2 rings (SSSR count). The van der Waals surface area contributed by atoms with Crippen molar-refractivity contribution in [1.29, 1.82) is 0 Å². The number of aryl methyl sites for hydroxylation is 2. The fraction of sp³-hybridized carbons (Fsp3) is 0.267. The second-order valence-corrected chi connectivity index (χ2v) is 4.94. The molecule has 1 heterocycles. The van der Waals surface area contributed by atoms with Crippen LogP contribution >= 0.6 is 0 Å². The summed E-state index contributed by atoms with van der Waals surface area (Å²) in [6.07, 6.45) is 0.372. The van der Waals surface area contributed by atoms with Gasteiger partial charge in [-0.05, 0) is 44.0 Å². The van der Waals surface area contributed by atoms with E-state index >= 15 is 0 Å². The van der Waals surface area contributed by atoms with Crippen LogP contribution in [-0.2, 0) is 11.2 Å². The summed E-state index contributed by atoms with van der Waals surface area (Å²) < 4.78 is 0. The van der Waals surface area contributed by atoms with Gasteiger partial charge < -0.3 is 10.8 Å². The number of anilines is 1. The van der Waals surface area contributed by atoms with Crippen molar-refractivity contribution < 1.29 is 9.90 Å². The van der Waals surface area contributed by atoms with Crippen molar-refractivity contribution in [3.8, 4) is 5.75 Å². The van der Waals surface area contributed by atoms with E-state index in [2.05, 4.69) is 15.3 Å². The molecule has 0 aliphatic carbocycles. The number of phenolic OH excluding ortho intramolecular Hbond substituents is 1. The quantitative estimate of drug-likeness (QED) is 0.786. The van der Waals surface area contributed by atoms with Crippen molar-refractivity contribution in [2.75, 3.05) is 5.32 Å². The van der Waals surface area contributed by atoms with Crippen molar-refractivity contribution in [1.82, 2.24) is 9.97 Å². The summed E-state index contributed by atoms with van der Waals surface area (Å²) in [6, 6.07) is 7.70. The molecule has 2 aromatic rings. The van der Waals surface area contributed by atoms with E-state index in [1.165, 1.54) is 0 Å². The van der Waals surface area contributed by atoms with E-state index in [0.29, 0.717) is 6.42 Å². The molecular weight excluding hydrogens is 268 g/mol. The van der Waals surface area contributed by atoms with Gasteiger partial charge in [-0.1, -0.05) is 12.1 Å². The number of phenols is 1. The van der Waals surface area contributed by atoms with E-state index in [0.717, 1.165) is 17.0 Å². The van der Waals surface area contributed by atoms with Crippen LogP contribution in [0.2, 0.25) is 0 Å². The maximum Gasteiger partial charge on any atom is 0.243 e. The third kappa shape index (κ3) is 4.25. The summed E-state index contributed by atoms with van der Waals surface area (Å²) in [6.45, 7) is 3.67. The number of nitrogens with one attached hydrogen (secondary N) is 1. The maximum absolute atomic E-state index is 12.0. The molecule has 0 aliphatic heterocycles. The second-order valence-electron chi connectivity index (χ2n) is 4.94. The number of nitrogens with zero attached hydrogens (tertiary/aromatic N) is 2. The molecule has 6 heteroatoms. The smallest absolute Gasteiger partial charge is 0.243 e. The van der Waals surface area contributed by atoms with Gasteiger partial charge in [-0.15, -0.1) is 0 Å². The molecule has 0 saturated carbocycles. The Bertz CT molecular complexity index is 620. The molecular formula is C15H18N4O2. The Morgan fingerprint density at radius 3 is 2.38 bits per heavy atom. The van der Waals surface area contributed by atoms with E-state index in [1.807, 2.05) is 19.9 Å². The zero-order chi connectivity index (χ0) is 15.4. The molecule has 0 radical (unpaired) electrons. The van der Waals surface area contributed by atoms with Gasteiger partial charge in [0.25, 0.3) is 0 Å². The molecule has 0 spiro atoms. The third-order valence-corrected chi connectivity index (χ3v) is 2.95. The first-order chi connectivity index (χ1) is 9.94. The number of rotatable bonds is 4. The lowest BCUT2D eigenvalue weighted by Gasteiger charge is -2.12. The Morgan fingerprint density at radius 1 is 1.24 bits per heavy atom. The van der Waals surface area contributed by atoms with Gasteiger partial charge in [0.1, 0.15) is 5.75 Å². The van der Waals surface area contributed by atoms with E-state index in [1.54, 1.807) is 24.3 Å². The van der Waals surface area contributed by atoms with Gasteiger partial charge in [-0.3, -0.25) is 10.1 Å². The SMILES string of the molecule is Cc1cc(C)nc(NC(=O)C(N)Cc2ccc(O)cc2)n1. The number of aromatic hydroxyl groups is 1. The highest BCUT2D eigenvalue weighted by atomic mass is 16.3. The van der Waals surface area contributed by atoms with Crippen molar-refractivity contribution in [3.05, 3.63) is 47.3 Å². The highest BCUT2D eigenvalue weighted by Crippen LogP contribution is 2.11. The topological polar surface area (TPSA) is 101 Å². The number of benzene rings is 1. The highest BCUT2D eigenvalue weighted by Gasteiger charge is 2.15. The van der Waals surface area contributed by atoms with Crippen molar-refractivity contribution in [2.24, 2.45) is 5.73 Å². The number of nitrogens with two attached hydrogens (primary N) is 1. The highest BCUT2D eigenvalue weighted by molar-refractivity contribution is 5.93. The number of aromatic nitrogens is 2. The molecule has 1 amide bonds. The summed E-state index contributed by atoms with van der Waals surface area (Å²) in [7, 11) is 0. The maximum atomic E-state index is 12.0. The van der Waals surface area contributed by atoms with Gasteiger partial charge in [0, 0.05) is 11.4 Å². The molecule has 21 heavy (non-hydrogen) atoms. The number of carbonyl (C=O) groups is 1. The summed E-state index contributed by atoms with van der Waals surface area (Å²) in [5.41, 5.74) is 8.32. The Kier molecular flexibility index (Phi) is 4.49. The minimum atomic E-state index is -0.709. The molecule has 6 nitrogen and oxygen atoms in total. The van der Waals surface area contributed by atoms with Gasteiger partial charge in [0.2, 0.25) is 11.9 Å². The summed E-state index contributed by atoms with van der Waals surface area (Å²) in [5.74, 6) is 0.104.